The van der Waals surface area contributed by atoms with Crippen LogP contribution in [0.15, 0.2) is 0 Å². The van der Waals surface area contributed by atoms with E-state index >= 15 is 0 Å². The normalized spacial score (nSPS) is 27.8. The first-order valence-electron chi connectivity index (χ1n) is 4.74. The van der Waals surface area contributed by atoms with Crippen molar-refractivity contribution in [2.24, 2.45) is 5.92 Å². The van der Waals surface area contributed by atoms with Gasteiger partial charge in [-0.1, -0.05) is 0 Å². The molecule has 0 spiro atoms. The third-order valence-electron chi connectivity index (χ3n) is 2.81. The van der Waals surface area contributed by atoms with Crippen LogP contribution in [0, 0.1) is 5.92 Å². The zero-order valence-corrected chi connectivity index (χ0v) is 8.98. The Morgan fingerprint density at radius 1 is 1.67 bits per heavy atom. The van der Waals surface area contributed by atoms with Crippen LogP contribution in [0.5, 0.6) is 0 Å². The highest BCUT2D eigenvalue weighted by Crippen LogP contribution is 2.20. The molecule has 0 bridgehead atoms. The van der Waals surface area contributed by atoms with Crippen LogP contribution in [-0.2, 0) is 0 Å². The van der Waals surface area contributed by atoms with Crippen molar-refractivity contribution in [1.29, 1.82) is 0 Å². The van der Waals surface area contributed by atoms with E-state index in [0.29, 0.717) is 6.04 Å². The summed E-state index contributed by atoms with van der Waals surface area (Å²) in [6, 6.07) is 0.674. The van der Waals surface area contributed by atoms with Crippen LogP contribution in [0.2, 0.25) is 0 Å². The molecule has 72 valence electrons. The largest absolute Gasteiger partial charge is 0.317 e. The second-order valence-electron chi connectivity index (χ2n) is 3.72. The molecule has 0 saturated carbocycles. The van der Waals surface area contributed by atoms with Gasteiger partial charge in [0, 0.05) is 12.6 Å². The average molecular weight is 188 g/mol. The SMILES string of the molecule is CNC(CCS)C1CCN(C)C1. The molecule has 1 aliphatic heterocycles. The summed E-state index contributed by atoms with van der Waals surface area (Å²) in [7, 11) is 4.26. The van der Waals surface area contributed by atoms with E-state index in [-0.39, 0.29) is 0 Å². The second kappa shape index (κ2) is 5.10. The molecule has 0 amide bonds. The van der Waals surface area contributed by atoms with Crippen LogP contribution >= 0.6 is 12.6 Å². The number of hydrogen-bond acceptors (Lipinski definition) is 3. The second-order valence-corrected chi connectivity index (χ2v) is 4.17. The van der Waals surface area contributed by atoms with Crippen LogP contribution < -0.4 is 5.32 Å². The van der Waals surface area contributed by atoms with Gasteiger partial charge in [-0.2, -0.15) is 12.6 Å². The Balaban J connectivity index is 2.33. The number of rotatable bonds is 4. The first-order chi connectivity index (χ1) is 5.77. The fourth-order valence-corrected chi connectivity index (χ4v) is 2.33. The Labute approximate surface area is 81.1 Å². The molecule has 1 rings (SSSR count). The summed E-state index contributed by atoms with van der Waals surface area (Å²) in [6.07, 6.45) is 2.54. The van der Waals surface area contributed by atoms with Crippen molar-refractivity contribution < 1.29 is 0 Å². The molecule has 0 aromatic rings. The molecule has 0 aromatic heterocycles. The van der Waals surface area contributed by atoms with Crippen LogP contribution in [0.4, 0.5) is 0 Å². The smallest absolute Gasteiger partial charge is 0.0113 e. The predicted molar refractivity (Wildman–Crippen MR) is 56.9 cm³/mol. The van der Waals surface area contributed by atoms with Crippen LogP contribution in [0.1, 0.15) is 12.8 Å². The van der Waals surface area contributed by atoms with Crippen LogP contribution in [-0.4, -0.2) is 43.9 Å². The zero-order chi connectivity index (χ0) is 8.97. The Hall–Kier alpha value is 0.270. The molecule has 1 aliphatic rings. The Morgan fingerprint density at radius 2 is 2.42 bits per heavy atom. The standard InChI is InChI=1S/C9H20N2S/c1-10-9(4-6-12)8-3-5-11(2)7-8/h8-10,12H,3-7H2,1-2H3. The minimum absolute atomic E-state index is 0.674. The number of likely N-dealkylation sites (tertiary alicyclic amines) is 1. The zero-order valence-electron chi connectivity index (χ0n) is 8.08. The van der Waals surface area contributed by atoms with Gasteiger partial charge in [0.1, 0.15) is 0 Å². The number of nitrogens with one attached hydrogen (secondary N) is 1. The molecule has 3 heteroatoms. The van der Waals surface area contributed by atoms with E-state index in [1.165, 1.54) is 25.9 Å². The van der Waals surface area contributed by atoms with E-state index in [1.807, 2.05) is 0 Å². The highest BCUT2D eigenvalue weighted by atomic mass is 32.1. The van der Waals surface area contributed by atoms with Gasteiger partial charge in [-0.15, -0.1) is 0 Å². The van der Waals surface area contributed by atoms with Crippen molar-refractivity contribution in [1.82, 2.24) is 10.2 Å². The number of hydrogen-bond donors (Lipinski definition) is 2. The summed E-state index contributed by atoms with van der Waals surface area (Å²) in [5.41, 5.74) is 0. The third-order valence-corrected chi connectivity index (χ3v) is 3.07. The summed E-state index contributed by atoms with van der Waals surface area (Å²) < 4.78 is 0. The molecule has 12 heavy (non-hydrogen) atoms. The minimum atomic E-state index is 0.674. The predicted octanol–water partition coefficient (Wildman–Crippen LogP) is 0.846. The molecule has 0 aliphatic carbocycles. The Morgan fingerprint density at radius 3 is 2.83 bits per heavy atom. The molecule has 2 nitrogen and oxygen atoms in total. The minimum Gasteiger partial charge on any atom is -0.317 e. The lowest BCUT2D eigenvalue weighted by atomic mass is 9.97. The quantitative estimate of drug-likeness (QED) is 0.636. The Bertz CT molecular complexity index is 128. The van der Waals surface area contributed by atoms with Crippen LogP contribution in [0.25, 0.3) is 0 Å². The van der Waals surface area contributed by atoms with E-state index in [9.17, 15) is 0 Å². The molecule has 1 fully saturated rings. The molecule has 2 atom stereocenters. The van der Waals surface area contributed by atoms with Gasteiger partial charge in [-0.3, -0.25) is 0 Å². The highest BCUT2D eigenvalue weighted by Gasteiger charge is 2.25. The molecular formula is C9H20N2S. The molecule has 1 saturated heterocycles. The van der Waals surface area contributed by atoms with Gasteiger partial charge in [0.05, 0.1) is 0 Å². The van der Waals surface area contributed by atoms with Gasteiger partial charge in [0.25, 0.3) is 0 Å². The van der Waals surface area contributed by atoms with E-state index < -0.39 is 0 Å². The lowest BCUT2D eigenvalue weighted by molar-refractivity contribution is 0.342. The molecule has 0 radical (unpaired) electrons. The molecule has 1 N–H and O–H groups in total. The first-order valence-corrected chi connectivity index (χ1v) is 5.38. The van der Waals surface area contributed by atoms with Gasteiger partial charge in [-0.05, 0) is 45.2 Å². The maximum absolute atomic E-state index is 4.28. The van der Waals surface area contributed by atoms with Crippen molar-refractivity contribution >= 4 is 12.6 Å². The summed E-state index contributed by atoms with van der Waals surface area (Å²) in [6.45, 7) is 2.51. The van der Waals surface area contributed by atoms with Crippen molar-refractivity contribution in [2.75, 3.05) is 32.9 Å². The van der Waals surface area contributed by atoms with E-state index in [0.717, 1.165) is 11.7 Å². The summed E-state index contributed by atoms with van der Waals surface area (Å²) in [5.74, 6) is 1.83. The third kappa shape index (κ3) is 2.64. The maximum Gasteiger partial charge on any atom is 0.0113 e. The van der Waals surface area contributed by atoms with Gasteiger partial charge < -0.3 is 10.2 Å². The van der Waals surface area contributed by atoms with E-state index in [4.69, 9.17) is 0 Å². The first kappa shape index (κ1) is 10.4. The molecule has 0 aromatic carbocycles. The van der Waals surface area contributed by atoms with Gasteiger partial charge in [-0.25, -0.2) is 0 Å². The summed E-state index contributed by atoms with van der Waals surface area (Å²) in [4.78, 5) is 2.41. The van der Waals surface area contributed by atoms with Crippen molar-refractivity contribution in [3.63, 3.8) is 0 Å². The van der Waals surface area contributed by atoms with Crippen molar-refractivity contribution in [3.05, 3.63) is 0 Å². The molecule has 1 heterocycles. The fourth-order valence-electron chi connectivity index (χ4n) is 2.05. The molecule has 2 unspecified atom stereocenters. The number of thiol groups is 1. The Kier molecular flexibility index (Phi) is 4.40. The summed E-state index contributed by atoms with van der Waals surface area (Å²) in [5, 5.41) is 3.39. The lowest BCUT2D eigenvalue weighted by Gasteiger charge is -2.22. The maximum atomic E-state index is 4.28. The van der Waals surface area contributed by atoms with Crippen LogP contribution in [0.3, 0.4) is 0 Å². The number of nitrogens with zero attached hydrogens (tertiary/aromatic N) is 1. The monoisotopic (exact) mass is 188 g/mol. The van der Waals surface area contributed by atoms with Gasteiger partial charge in [0.2, 0.25) is 0 Å². The van der Waals surface area contributed by atoms with Gasteiger partial charge in [0.15, 0.2) is 0 Å². The summed E-state index contributed by atoms with van der Waals surface area (Å²) >= 11 is 4.28. The van der Waals surface area contributed by atoms with Gasteiger partial charge >= 0.3 is 0 Å². The topological polar surface area (TPSA) is 15.3 Å². The lowest BCUT2D eigenvalue weighted by Crippen LogP contribution is -2.35. The average Bonchev–Trinajstić information content (AvgIpc) is 2.47. The fraction of sp³-hybridized carbons (Fsp3) is 1.00. The van der Waals surface area contributed by atoms with Crippen molar-refractivity contribution in [3.8, 4) is 0 Å². The van der Waals surface area contributed by atoms with Crippen molar-refractivity contribution in [2.45, 2.75) is 18.9 Å². The highest BCUT2D eigenvalue weighted by molar-refractivity contribution is 7.80. The molecular weight excluding hydrogens is 168 g/mol. The van der Waals surface area contributed by atoms with E-state index in [2.05, 4.69) is 36.9 Å². The van der Waals surface area contributed by atoms with E-state index in [1.54, 1.807) is 0 Å².